The van der Waals surface area contributed by atoms with E-state index in [2.05, 4.69) is 80.5 Å². The second-order valence-corrected chi connectivity index (χ2v) is 10.9. The molecule has 2 heteroatoms. The van der Waals surface area contributed by atoms with E-state index in [9.17, 15) is 0 Å². The number of ether oxygens (including phenoxy) is 2. The highest BCUT2D eigenvalue weighted by atomic mass is 16.7. The van der Waals surface area contributed by atoms with Crippen LogP contribution in [0.15, 0.2) is 34.9 Å². The summed E-state index contributed by atoms with van der Waals surface area (Å²) in [7, 11) is 0. The highest BCUT2D eigenvalue weighted by Crippen LogP contribution is 2.20. The van der Waals surface area contributed by atoms with Crippen molar-refractivity contribution in [2.75, 3.05) is 13.2 Å². The lowest BCUT2D eigenvalue weighted by atomic mass is 10.00. The quantitative estimate of drug-likeness (QED) is 0.145. The van der Waals surface area contributed by atoms with E-state index in [4.69, 9.17) is 9.47 Å². The van der Waals surface area contributed by atoms with E-state index in [-0.39, 0.29) is 6.29 Å². The Balaban J connectivity index is 4.47. The fourth-order valence-corrected chi connectivity index (χ4v) is 3.69. The molecule has 0 heterocycles. The van der Waals surface area contributed by atoms with Crippen molar-refractivity contribution in [3.63, 3.8) is 0 Å². The first-order chi connectivity index (χ1) is 15.1. The second kappa shape index (κ2) is 19.6. The lowest BCUT2D eigenvalue weighted by Crippen LogP contribution is -2.23. The van der Waals surface area contributed by atoms with Gasteiger partial charge in [-0.05, 0) is 111 Å². The third-order valence-electron chi connectivity index (χ3n) is 6.06. The van der Waals surface area contributed by atoms with Crippen molar-refractivity contribution >= 4 is 0 Å². The Kier molecular flexibility index (Phi) is 19.1. The van der Waals surface area contributed by atoms with E-state index in [1.54, 1.807) is 0 Å². The minimum absolute atomic E-state index is 0.0633. The minimum Gasteiger partial charge on any atom is -0.353 e. The summed E-state index contributed by atoms with van der Waals surface area (Å²) in [4.78, 5) is 0. The van der Waals surface area contributed by atoms with Gasteiger partial charge in [0.25, 0.3) is 0 Å². The van der Waals surface area contributed by atoms with Gasteiger partial charge in [-0.1, -0.05) is 55.7 Å². The minimum atomic E-state index is -0.0633. The van der Waals surface area contributed by atoms with Gasteiger partial charge in [-0.2, -0.15) is 0 Å². The standard InChI is InChI=1S/C30H56O2/c1-24(2)13-10-16-27(7)19-21-31-30(23-29(9)18-12-15-26(5)6)32-22-20-28(8)17-11-14-25(3)4/h13-15,27-30H,10-12,16-23H2,1-9H3. The Morgan fingerprint density at radius 1 is 0.531 bits per heavy atom. The third kappa shape index (κ3) is 21.0. The molecule has 0 spiro atoms. The van der Waals surface area contributed by atoms with E-state index in [0.717, 1.165) is 38.9 Å². The van der Waals surface area contributed by atoms with Crippen LogP contribution < -0.4 is 0 Å². The van der Waals surface area contributed by atoms with Crippen LogP contribution >= 0.6 is 0 Å². The van der Waals surface area contributed by atoms with Gasteiger partial charge in [0, 0.05) is 19.6 Å². The number of allylic oxidation sites excluding steroid dienone is 6. The smallest absolute Gasteiger partial charge is 0.157 e. The number of rotatable bonds is 19. The molecule has 0 aliphatic carbocycles. The molecule has 0 radical (unpaired) electrons. The zero-order chi connectivity index (χ0) is 24.4. The highest BCUT2D eigenvalue weighted by Gasteiger charge is 2.15. The molecular formula is C30H56O2. The molecule has 0 aliphatic heterocycles. The van der Waals surface area contributed by atoms with Gasteiger partial charge >= 0.3 is 0 Å². The Morgan fingerprint density at radius 2 is 0.875 bits per heavy atom. The summed E-state index contributed by atoms with van der Waals surface area (Å²) >= 11 is 0. The van der Waals surface area contributed by atoms with Crippen molar-refractivity contribution in [2.24, 2.45) is 17.8 Å². The first-order valence-electron chi connectivity index (χ1n) is 13.2. The Hall–Kier alpha value is -0.860. The van der Waals surface area contributed by atoms with E-state index in [0.29, 0.717) is 17.8 Å². The highest BCUT2D eigenvalue weighted by molar-refractivity contribution is 4.94. The summed E-state index contributed by atoms with van der Waals surface area (Å²) in [6, 6.07) is 0. The Morgan fingerprint density at radius 3 is 1.22 bits per heavy atom. The second-order valence-electron chi connectivity index (χ2n) is 10.9. The molecule has 3 atom stereocenters. The van der Waals surface area contributed by atoms with Gasteiger partial charge in [0.1, 0.15) is 0 Å². The number of hydrogen-bond acceptors (Lipinski definition) is 2. The maximum atomic E-state index is 6.27. The summed E-state index contributed by atoms with van der Waals surface area (Å²) in [5.74, 6) is 1.99. The van der Waals surface area contributed by atoms with Crippen LogP contribution in [-0.2, 0) is 9.47 Å². The molecule has 0 fully saturated rings. The molecular weight excluding hydrogens is 392 g/mol. The van der Waals surface area contributed by atoms with E-state index in [1.807, 2.05) is 0 Å². The monoisotopic (exact) mass is 448 g/mol. The van der Waals surface area contributed by atoms with Gasteiger partial charge < -0.3 is 9.47 Å². The molecule has 0 aromatic heterocycles. The van der Waals surface area contributed by atoms with Crippen molar-refractivity contribution in [2.45, 2.75) is 126 Å². The molecule has 0 aliphatic rings. The van der Waals surface area contributed by atoms with Gasteiger partial charge in [-0.25, -0.2) is 0 Å². The lowest BCUT2D eigenvalue weighted by molar-refractivity contribution is -0.155. The summed E-state index contributed by atoms with van der Waals surface area (Å²) in [6.07, 6.45) is 17.4. The maximum Gasteiger partial charge on any atom is 0.157 e. The van der Waals surface area contributed by atoms with Gasteiger partial charge in [-0.3, -0.25) is 0 Å². The molecule has 0 bridgehead atoms. The summed E-state index contributed by atoms with van der Waals surface area (Å²) in [6.45, 7) is 21.7. The molecule has 2 nitrogen and oxygen atoms in total. The van der Waals surface area contributed by atoms with Crippen LogP contribution in [-0.4, -0.2) is 19.5 Å². The van der Waals surface area contributed by atoms with Crippen molar-refractivity contribution in [3.8, 4) is 0 Å². The Bertz CT molecular complexity index is 497. The van der Waals surface area contributed by atoms with E-state index >= 15 is 0 Å². The SMILES string of the molecule is CC(C)=CCCC(C)CCOC(CC(C)CCC=C(C)C)OCCC(C)CCC=C(C)C. The predicted octanol–water partition coefficient (Wildman–Crippen LogP) is 9.66. The Labute approximate surface area is 201 Å². The van der Waals surface area contributed by atoms with E-state index in [1.165, 1.54) is 48.8 Å². The van der Waals surface area contributed by atoms with Crippen LogP contribution in [0.25, 0.3) is 0 Å². The van der Waals surface area contributed by atoms with Gasteiger partial charge in [0.15, 0.2) is 6.29 Å². The van der Waals surface area contributed by atoms with Crippen LogP contribution in [0.2, 0.25) is 0 Å². The zero-order valence-corrected chi connectivity index (χ0v) is 23.1. The zero-order valence-electron chi connectivity index (χ0n) is 23.1. The van der Waals surface area contributed by atoms with Crippen molar-refractivity contribution in [1.82, 2.24) is 0 Å². The summed E-state index contributed by atoms with van der Waals surface area (Å²) in [5, 5.41) is 0. The van der Waals surface area contributed by atoms with Crippen LogP contribution in [0.1, 0.15) is 120 Å². The third-order valence-corrected chi connectivity index (χ3v) is 6.06. The number of hydrogen-bond donors (Lipinski definition) is 0. The van der Waals surface area contributed by atoms with Crippen molar-refractivity contribution in [1.29, 1.82) is 0 Å². The lowest BCUT2D eigenvalue weighted by Gasteiger charge is -2.23. The summed E-state index contributed by atoms with van der Waals surface area (Å²) < 4.78 is 12.5. The van der Waals surface area contributed by atoms with Gasteiger partial charge in [0.05, 0.1) is 0 Å². The van der Waals surface area contributed by atoms with Crippen LogP contribution in [0.5, 0.6) is 0 Å². The topological polar surface area (TPSA) is 18.5 Å². The van der Waals surface area contributed by atoms with Gasteiger partial charge in [-0.15, -0.1) is 0 Å². The molecule has 188 valence electrons. The predicted molar refractivity (Wildman–Crippen MR) is 143 cm³/mol. The average Bonchev–Trinajstić information content (AvgIpc) is 2.66. The molecule has 0 N–H and O–H groups in total. The first kappa shape index (κ1) is 31.1. The maximum absolute atomic E-state index is 6.27. The fourth-order valence-electron chi connectivity index (χ4n) is 3.69. The molecule has 0 aromatic carbocycles. The fraction of sp³-hybridized carbons (Fsp3) is 0.800. The molecule has 0 rings (SSSR count). The molecule has 0 aromatic rings. The molecule has 32 heavy (non-hydrogen) atoms. The van der Waals surface area contributed by atoms with Crippen LogP contribution in [0, 0.1) is 17.8 Å². The van der Waals surface area contributed by atoms with Crippen molar-refractivity contribution in [3.05, 3.63) is 34.9 Å². The molecule has 0 amide bonds. The molecule has 0 saturated carbocycles. The first-order valence-corrected chi connectivity index (χ1v) is 13.2. The molecule has 0 saturated heterocycles. The normalized spacial score (nSPS) is 14.9. The largest absolute Gasteiger partial charge is 0.353 e. The van der Waals surface area contributed by atoms with E-state index < -0.39 is 0 Å². The summed E-state index contributed by atoms with van der Waals surface area (Å²) in [5.41, 5.74) is 4.24. The average molecular weight is 449 g/mol. The van der Waals surface area contributed by atoms with Gasteiger partial charge in [0.2, 0.25) is 0 Å². The van der Waals surface area contributed by atoms with Crippen molar-refractivity contribution < 1.29 is 9.47 Å². The van der Waals surface area contributed by atoms with Crippen LogP contribution in [0.3, 0.4) is 0 Å². The van der Waals surface area contributed by atoms with Crippen LogP contribution in [0.4, 0.5) is 0 Å². The molecule has 3 unspecified atom stereocenters.